The first kappa shape index (κ1) is 16.8. The second-order valence-electron chi connectivity index (χ2n) is 4.53. The minimum absolute atomic E-state index is 0.261. The summed E-state index contributed by atoms with van der Waals surface area (Å²) < 4.78 is 5.57. The average Bonchev–Trinajstić information content (AvgIpc) is 2.50. The van der Waals surface area contributed by atoms with Crippen molar-refractivity contribution in [3.63, 3.8) is 0 Å². The molecule has 1 aromatic carbocycles. The van der Waals surface area contributed by atoms with Crippen molar-refractivity contribution in [3.05, 3.63) is 36.9 Å². The van der Waals surface area contributed by atoms with Gasteiger partial charge in [0.05, 0.1) is 6.61 Å². The maximum absolute atomic E-state index is 11.6. The number of amides is 2. The van der Waals surface area contributed by atoms with E-state index < -0.39 is 11.8 Å². The summed E-state index contributed by atoms with van der Waals surface area (Å²) in [7, 11) is 0. The maximum atomic E-state index is 11.6. The Bertz CT molecular complexity index is 469. The van der Waals surface area contributed by atoms with Crippen LogP contribution in [0.15, 0.2) is 36.9 Å². The summed E-state index contributed by atoms with van der Waals surface area (Å²) in [6.45, 7) is 6.55. The Balaban J connectivity index is 2.41. The van der Waals surface area contributed by atoms with E-state index in [9.17, 15) is 9.59 Å². The predicted octanol–water partition coefficient (Wildman–Crippen LogP) is 2.50. The maximum Gasteiger partial charge on any atom is 0.313 e. The van der Waals surface area contributed by atoms with Crippen LogP contribution in [0.1, 0.15) is 26.2 Å². The first-order chi connectivity index (χ1) is 10.2. The lowest BCUT2D eigenvalue weighted by Gasteiger charge is -2.08. The van der Waals surface area contributed by atoms with Crippen molar-refractivity contribution in [1.82, 2.24) is 5.32 Å². The fourth-order valence-corrected chi connectivity index (χ4v) is 1.61. The Hall–Kier alpha value is -2.30. The van der Waals surface area contributed by atoms with Gasteiger partial charge in [0, 0.05) is 12.2 Å². The first-order valence-corrected chi connectivity index (χ1v) is 7.10. The monoisotopic (exact) mass is 290 g/mol. The van der Waals surface area contributed by atoms with Crippen LogP contribution in [-0.2, 0) is 9.59 Å². The SMILES string of the molecule is C=CCNC(=O)C(=O)Nc1ccc(OCCCCC)cc1. The Labute approximate surface area is 125 Å². The van der Waals surface area contributed by atoms with Gasteiger partial charge < -0.3 is 15.4 Å². The predicted molar refractivity (Wildman–Crippen MR) is 83.3 cm³/mol. The van der Waals surface area contributed by atoms with Crippen LogP contribution in [0.4, 0.5) is 5.69 Å². The highest BCUT2D eigenvalue weighted by molar-refractivity contribution is 6.39. The number of carbonyl (C=O) groups is 2. The third-order valence-electron chi connectivity index (χ3n) is 2.74. The molecule has 0 radical (unpaired) electrons. The summed E-state index contributed by atoms with van der Waals surface area (Å²) in [5, 5.41) is 4.92. The van der Waals surface area contributed by atoms with Crippen LogP contribution in [0.3, 0.4) is 0 Å². The fraction of sp³-hybridized carbons (Fsp3) is 0.375. The van der Waals surface area contributed by atoms with Gasteiger partial charge in [0.25, 0.3) is 0 Å². The van der Waals surface area contributed by atoms with Crippen molar-refractivity contribution in [2.45, 2.75) is 26.2 Å². The molecule has 0 atom stereocenters. The van der Waals surface area contributed by atoms with Crippen molar-refractivity contribution in [2.24, 2.45) is 0 Å². The summed E-state index contributed by atoms with van der Waals surface area (Å²) >= 11 is 0. The molecule has 0 aliphatic heterocycles. The van der Waals surface area contributed by atoms with Crippen LogP contribution in [0.2, 0.25) is 0 Å². The highest BCUT2D eigenvalue weighted by Crippen LogP contribution is 2.16. The normalized spacial score (nSPS) is 9.76. The summed E-state index contributed by atoms with van der Waals surface area (Å²) in [6.07, 6.45) is 4.84. The Morgan fingerprint density at radius 2 is 1.90 bits per heavy atom. The van der Waals surface area contributed by atoms with Crippen LogP contribution in [0.5, 0.6) is 5.75 Å². The van der Waals surface area contributed by atoms with Crippen molar-refractivity contribution >= 4 is 17.5 Å². The summed E-state index contributed by atoms with van der Waals surface area (Å²) in [5.74, 6) is -0.636. The highest BCUT2D eigenvalue weighted by atomic mass is 16.5. The zero-order chi connectivity index (χ0) is 15.5. The third kappa shape index (κ3) is 6.61. The number of carbonyl (C=O) groups excluding carboxylic acids is 2. The van der Waals surface area contributed by atoms with Gasteiger partial charge in [0.2, 0.25) is 0 Å². The van der Waals surface area contributed by atoms with Gasteiger partial charge >= 0.3 is 11.8 Å². The molecule has 0 heterocycles. The fourth-order valence-electron chi connectivity index (χ4n) is 1.61. The lowest BCUT2D eigenvalue weighted by Crippen LogP contribution is -2.35. The molecule has 0 spiro atoms. The molecule has 0 aromatic heterocycles. The highest BCUT2D eigenvalue weighted by Gasteiger charge is 2.12. The summed E-state index contributed by atoms with van der Waals surface area (Å²) in [4.78, 5) is 22.9. The molecule has 21 heavy (non-hydrogen) atoms. The van der Waals surface area contributed by atoms with Crippen molar-refractivity contribution in [1.29, 1.82) is 0 Å². The van der Waals surface area contributed by atoms with Crippen molar-refractivity contribution < 1.29 is 14.3 Å². The number of anilines is 1. The van der Waals surface area contributed by atoms with Gasteiger partial charge in [-0.2, -0.15) is 0 Å². The molecular weight excluding hydrogens is 268 g/mol. The van der Waals surface area contributed by atoms with E-state index in [4.69, 9.17) is 4.74 Å². The molecule has 0 saturated carbocycles. The van der Waals surface area contributed by atoms with Crippen LogP contribution >= 0.6 is 0 Å². The van der Waals surface area contributed by atoms with Crippen molar-refractivity contribution in [3.8, 4) is 5.75 Å². The third-order valence-corrected chi connectivity index (χ3v) is 2.74. The lowest BCUT2D eigenvalue weighted by molar-refractivity contribution is -0.136. The molecule has 114 valence electrons. The van der Waals surface area contributed by atoms with Crippen LogP contribution in [-0.4, -0.2) is 25.0 Å². The number of ether oxygens (including phenoxy) is 1. The van der Waals surface area contributed by atoms with E-state index in [-0.39, 0.29) is 6.54 Å². The van der Waals surface area contributed by atoms with E-state index in [1.807, 2.05) is 0 Å². The van der Waals surface area contributed by atoms with E-state index in [1.165, 1.54) is 6.08 Å². The van der Waals surface area contributed by atoms with Gasteiger partial charge in [-0.3, -0.25) is 9.59 Å². The topological polar surface area (TPSA) is 67.4 Å². The molecule has 2 N–H and O–H groups in total. The van der Waals surface area contributed by atoms with Crippen LogP contribution in [0.25, 0.3) is 0 Å². The summed E-state index contributed by atoms with van der Waals surface area (Å²) in [6, 6.07) is 6.94. The molecule has 0 saturated heterocycles. The van der Waals surface area contributed by atoms with E-state index >= 15 is 0 Å². The van der Waals surface area contributed by atoms with Gasteiger partial charge in [-0.15, -0.1) is 6.58 Å². The van der Waals surface area contributed by atoms with E-state index in [2.05, 4.69) is 24.1 Å². The zero-order valence-corrected chi connectivity index (χ0v) is 12.4. The van der Waals surface area contributed by atoms with Crippen molar-refractivity contribution in [2.75, 3.05) is 18.5 Å². The van der Waals surface area contributed by atoms with Gasteiger partial charge in [0.15, 0.2) is 0 Å². The summed E-state index contributed by atoms with van der Waals surface area (Å²) in [5.41, 5.74) is 0.551. The number of hydrogen-bond acceptors (Lipinski definition) is 3. The molecule has 2 amide bonds. The Morgan fingerprint density at radius 3 is 2.52 bits per heavy atom. The number of hydrogen-bond donors (Lipinski definition) is 2. The molecule has 5 heteroatoms. The second-order valence-corrected chi connectivity index (χ2v) is 4.53. The first-order valence-electron chi connectivity index (χ1n) is 7.10. The minimum Gasteiger partial charge on any atom is -0.494 e. The number of rotatable bonds is 8. The molecule has 5 nitrogen and oxygen atoms in total. The molecule has 1 aromatic rings. The lowest BCUT2D eigenvalue weighted by atomic mass is 10.2. The average molecular weight is 290 g/mol. The standard InChI is InChI=1S/C16H22N2O3/c1-3-5-6-12-21-14-9-7-13(8-10-14)18-16(20)15(19)17-11-4-2/h4,7-10H,2-3,5-6,11-12H2,1H3,(H,17,19)(H,18,20). The second kappa shape index (κ2) is 9.58. The van der Waals surface area contributed by atoms with Crippen LogP contribution < -0.4 is 15.4 Å². The molecule has 0 fully saturated rings. The Morgan fingerprint density at radius 1 is 1.19 bits per heavy atom. The molecule has 0 unspecified atom stereocenters. The van der Waals surface area contributed by atoms with Gasteiger partial charge in [-0.25, -0.2) is 0 Å². The van der Waals surface area contributed by atoms with E-state index in [0.717, 1.165) is 25.0 Å². The van der Waals surface area contributed by atoms with E-state index in [0.29, 0.717) is 12.3 Å². The van der Waals surface area contributed by atoms with Crippen LogP contribution in [0, 0.1) is 0 Å². The Kier molecular flexibility index (Phi) is 7.64. The number of benzene rings is 1. The molecule has 0 aliphatic carbocycles. The molecule has 0 aliphatic rings. The molecular formula is C16H22N2O3. The number of nitrogens with one attached hydrogen (secondary N) is 2. The van der Waals surface area contributed by atoms with Gasteiger partial charge in [-0.05, 0) is 30.7 Å². The molecule has 0 bridgehead atoms. The smallest absolute Gasteiger partial charge is 0.313 e. The number of unbranched alkanes of at least 4 members (excludes halogenated alkanes) is 2. The zero-order valence-electron chi connectivity index (χ0n) is 12.4. The quantitative estimate of drug-likeness (QED) is 0.439. The van der Waals surface area contributed by atoms with E-state index in [1.54, 1.807) is 24.3 Å². The van der Waals surface area contributed by atoms with Gasteiger partial charge in [-0.1, -0.05) is 25.8 Å². The largest absolute Gasteiger partial charge is 0.494 e. The molecule has 1 rings (SSSR count). The van der Waals surface area contributed by atoms with Gasteiger partial charge in [0.1, 0.15) is 5.75 Å². The minimum atomic E-state index is -0.700.